The summed E-state index contributed by atoms with van der Waals surface area (Å²) in [7, 11) is 3.90. The summed E-state index contributed by atoms with van der Waals surface area (Å²) in [4.78, 5) is 17.6. The Morgan fingerprint density at radius 2 is 2.14 bits per heavy atom. The van der Waals surface area contributed by atoms with Crippen molar-refractivity contribution in [1.29, 1.82) is 0 Å². The van der Waals surface area contributed by atoms with E-state index in [0.29, 0.717) is 18.4 Å². The van der Waals surface area contributed by atoms with Crippen molar-refractivity contribution in [2.45, 2.75) is 32.6 Å². The van der Waals surface area contributed by atoms with Crippen LogP contribution in [0.4, 0.5) is 0 Å². The van der Waals surface area contributed by atoms with Crippen LogP contribution in [0.2, 0.25) is 0 Å². The summed E-state index contributed by atoms with van der Waals surface area (Å²) in [5.41, 5.74) is -0.287. The van der Waals surface area contributed by atoms with Crippen molar-refractivity contribution in [2.24, 2.45) is 11.3 Å². The zero-order chi connectivity index (χ0) is 16.0. The molecule has 5 heteroatoms. The Hall–Kier alpha value is -0.650. The van der Waals surface area contributed by atoms with Crippen LogP contribution < -0.4 is 5.32 Å². The molecule has 0 aromatic rings. The molecule has 2 heterocycles. The van der Waals surface area contributed by atoms with Crippen LogP contribution in [0.1, 0.15) is 32.6 Å². The van der Waals surface area contributed by atoms with E-state index in [1.165, 1.54) is 6.42 Å². The Morgan fingerprint density at radius 1 is 1.41 bits per heavy atom. The molecule has 1 N–H and O–H groups in total. The van der Waals surface area contributed by atoms with E-state index < -0.39 is 0 Å². The zero-order valence-electron chi connectivity index (χ0n) is 14.6. The van der Waals surface area contributed by atoms with Crippen molar-refractivity contribution in [3.63, 3.8) is 0 Å². The molecule has 0 aliphatic carbocycles. The van der Waals surface area contributed by atoms with E-state index >= 15 is 0 Å². The number of amides is 1. The summed E-state index contributed by atoms with van der Waals surface area (Å²) >= 11 is 0. The maximum absolute atomic E-state index is 13.1. The fraction of sp³-hybridized carbons (Fsp3) is 0.941. The quantitative estimate of drug-likeness (QED) is 0.767. The molecule has 2 aliphatic rings. The first-order chi connectivity index (χ1) is 10.6. The largest absolute Gasteiger partial charge is 0.384 e. The zero-order valence-corrected chi connectivity index (χ0v) is 14.6. The number of hydrogen-bond donors (Lipinski definition) is 1. The molecule has 1 amide bonds. The molecule has 2 saturated heterocycles. The topological polar surface area (TPSA) is 44.8 Å². The van der Waals surface area contributed by atoms with E-state index in [1.807, 2.05) is 0 Å². The van der Waals surface area contributed by atoms with Crippen molar-refractivity contribution in [3.8, 4) is 0 Å². The van der Waals surface area contributed by atoms with Gasteiger partial charge in [0.2, 0.25) is 5.91 Å². The Bertz CT molecular complexity index is 350. The van der Waals surface area contributed by atoms with E-state index in [2.05, 4.69) is 29.1 Å². The molecule has 128 valence electrons. The normalized spacial score (nSPS) is 24.9. The highest BCUT2D eigenvalue weighted by Gasteiger charge is 2.43. The monoisotopic (exact) mass is 311 g/mol. The van der Waals surface area contributed by atoms with Crippen LogP contribution in [0.25, 0.3) is 0 Å². The average Bonchev–Trinajstić information content (AvgIpc) is 2.96. The highest BCUT2D eigenvalue weighted by Crippen LogP contribution is 2.33. The lowest BCUT2D eigenvalue weighted by Gasteiger charge is -2.38. The minimum atomic E-state index is -0.287. The number of likely N-dealkylation sites (tertiary alicyclic amines) is 1. The number of nitrogens with one attached hydrogen (secondary N) is 1. The van der Waals surface area contributed by atoms with Gasteiger partial charge in [-0.2, -0.15) is 0 Å². The van der Waals surface area contributed by atoms with Gasteiger partial charge >= 0.3 is 0 Å². The van der Waals surface area contributed by atoms with E-state index in [1.54, 1.807) is 7.11 Å². The molecule has 2 aliphatic heterocycles. The molecular formula is C17H33N3O2. The van der Waals surface area contributed by atoms with Crippen molar-refractivity contribution in [3.05, 3.63) is 0 Å². The Morgan fingerprint density at radius 3 is 2.77 bits per heavy atom. The maximum Gasteiger partial charge on any atom is 0.231 e. The lowest BCUT2D eigenvalue weighted by Crippen LogP contribution is -2.51. The lowest BCUT2D eigenvalue weighted by atomic mass is 9.78. The number of carbonyl (C=O) groups excluding carboxylic acids is 1. The molecule has 0 saturated carbocycles. The van der Waals surface area contributed by atoms with Gasteiger partial charge in [0.25, 0.3) is 0 Å². The highest BCUT2D eigenvalue weighted by atomic mass is 16.5. The average molecular weight is 311 g/mol. The smallest absolute Gasteiger partial charge is 0.231 e. The molecule has 22 heavy (non-hydrogen) atoms. The van der Waals surface area contributed by atoms with Crippen LogP contribution in [0.15, 0.2) is 0 Å². The maximum atomic E-state index is 13.1. The van der Waals surface area contributed by atoms with Crippen LogP contribution >= 0.6 is 0 Å². The van der Waals surface area contributed by atoms with Crippen LogP contribution in [0, 0.1) is 11.3 Å². The molecule has 0 radical (unpaired) electrons. The van der Waals surface area contributed by atoms with Gasteiger partial charge < -0.3 is 19.9 Å². The number of carbonyl (C=O) groups is 1. The fourth-order valence-electron chi connectivity index (χ4n) is 4.02. The third-order valence-electron chi connectivity index (χ3n) is 5.18. The molecule has 1 atom stereocenters. The first-order valence-corrected chi connectivity index (χ1v) is 8.79. The third-order valence-corrected chi connectivity index (χ3v) is 5.18. The number of methoxy groups -OCH3 is 1. The predicted octanol–water partition coefficient (Wildman–Crippen LogP) is 1.19. The van der Waals surface area contributed by atoms with Gasteiger partial charge in [-0.15, -0.1) is 0 Å². The summed E-state index contributed by atoms with van der Waals surface area (Å²) < 4.78 is 5.41. The third kappa shape index (κ3) is 4.21. The highest BCUT2D eigenvalue weighted by molar-refractivity contribution is 5.83. The van der Waals surface area contributed by atoms with Gasteiger partial charge in [0.05, 0.1) is 12.0 Å². The summed E-state index contributed by atoms with van der Waals surface area (Å²) in [6.45, 7) is 8.71. The summed E-state index contributed by atoms with van der Waals surface area (Å²) in [5, 5.41) is 3.36. The molecule has 2 fully saturated rings. The van der Waals surface area contributed by atoms with E-state index in [9.17, 15) is 4.79 Å². The van der Waals surface area contributed by atoms with E-state index in [-0.39, 0.29) is 5.41 Å². The van der Waals surface area contributed by atoms with Crippen molar-refractivity contribution in [1.82, 2.24) is 15.1 Å². The van der Waals surface area contributed by atoms with E-state index in [4.69, 9.17) is 4.74 Å². The minimum Gasteiger partial charge on any atom is -0.384 e. The first kappa shape index (κ1) is 17.7. The molecular weight excluding hydrogens is 278 g/mol. The Labute approximate surface area is 135 Å². The second-order valence-electron chi connectivity index (χ2n) is 7.13. The van der Waals surface area contributed by atoms with Gasteiger partial charge in [-0.3, -0.25) is 4.79 Å². The molecule has 2 rings (SSSR count). The lowest BCUT2D eigenvalue weighted by molar-refractivity contribution is -0.146. The molecule has 0 aromatic heterocycles. The van der Waals surface area contributed by atoms with Gasteiger partial charge in [-0.25, -0.2) is 0 Å². The molecule has 5 nitrogen and oxygen atoms in total. The van der Waals surface area contributed by atoms with Gasteiger partial charge in [-0.05, 0) is 58.3 Å². The fourth-order valence-corrected chi connectivity index (χ4v) is 4.02. The predicted molar refractivity (Wildman–Crippen MR) is 88.9 cm³/mol. The van der Waals surface area contributed by atoms with Gasteiger partial charge in [0, 0.05) is 26.7 Å². The van der Waals surface area contributed by atoms with Gasteiger partial charge in [-0.1, -0.05) is 6.92 Å². The van der Waals surface area contributed by atoms with Crippen LogP contribution in [0.5, 0.6) is 0 Å². The Kier molecular flexibility index (Phi) is 6.66. The number of hydrogen-bond acceptors (Lipinski definition) is 4. The second-order valence-corrected chi connectivity index (χ2v) is 7.13. The van der Waals surface area contributed by atoms with Crippen LogP contribution in [-0.4, -0.2) is 75.7 Å². The molecule has 0 bridgehead atoms. The van der Waals surface area contributed by atoms with E-state index in [0.717, 1.165) is 58.5 Å². The number of nitrogens with zero attached hydrogens (tertiary/aromatic N) is 2. The molecule has 1 unspecified atom stereocenters. The number of ether oxygens (including phenoxy) is 1. The minimum absolute atomic E-state index is 0.287. The number of rotatable bonds is 7. The second kappa shape index (κ2) is 8.27. The summed E-state index contributed by atoms with van der Waals surface area (Å²) in [6.07, 6.45) is 4.13. The van der Waals surface area contributed by atoms with Crippen molar-refractivity contribution in [2.75, 3.05) is 60.0 Å². The van der Waals surface area contributed by atoms with Crippen LogP contribution in [0.3, 0.4) is 0 Å². The standard InChI is InChI=1S/C17H33N3O2/c1-4-10-19(2)12-15-5-11-20(13-15)16(21)17(14-22-3)6-8-18-9-7-17/h15,18H,4-14H2,1-3H3. The van der Waals surface area contributed by atoms with Gasteiger partial charge in [0.1, 0.15) is 0 Å². The van der Waals surface area contributed by atoms with Crippen molar-refractivity contribution < 1.29 is 9.53 Å². The molecule has 0 aromatic carbocycles. The first-order valence-electron chi connectivity index (χ1n) is 8.79. The SMILES string of the molecule is CCCN(C)CC1CCN(C(=O)C2(COC)CCNCC2)C1. The summed E-state index contributed by atoms with van der Waals surface area (Å²) in [5.74, 6) is 0.957. The van der Waals surface area contributed by atoms with Crippen molar-refractivity contribution >= 4 is 5.91 Å². The number of piperidine rings is 1. The van der Waals surface area contributed by atoms with Crippen LogP contribution in [-0.2, 0) is 9.53 Å². The molecule has 0 spiro atoms. The Balaban J connectivity index is 1.92. The summed E-state index contributed by atoms with van der Waals surface area (Å²) in [6, 6.07) is 0. The van der Waals surface area contributed by atoms with Gasteiger partial charge in [0.15, 0.2) is 0 Å².